The standard InChI is InChI=1S/C24H21FN2O4/c1-16(28)31-22-4-2-3-18(15-22)24(30)27-21-12-10-20(11-13-21)26-23(29)14-7-17-5-8-19(25)9-6-17/h2-6,8-13,15H,7,14H2,1H3,(H,26,29)(H,27,30). The maximum absolute atomic E-state index is 12.9. The molecule has 31 heavy (non-hydrogen) atoms. The molecule has 0 saturated heterocycles. The minimum atomic E-state index is -0.465. The molecule has 0 radical (unpaired) electrons. The van der Waals surface area contributed by atoms with Gasteiger partial charge in [-0.15, -0.1) is 0 Å². The first-order chi connectivity index (χ1) is 14.9. The van der Waals surface area contributed by atoms with E-state index in [0.29, 0.717) is 29.1 Å². The third-order valence-electron chi connectivity index (χ3n) is 4.34. The minimum absolute atomic E-state index is 0.164. The molecule has 3 aromatic rings. The monoisotopic (exact) mass is 420 g/mol. The van der Waals surface area contributed by atoms with Crippen molar-refractivity contribution in [1.82, 2.24) is 0 Å². The van der Waals surface area contributed by atoms with Crippen molar-refractivity contribution >= 4 is 29.2 Å². The summed E-state index contributed by atoms with van der Waals surface area (Å²) in [5, 5.41) is 5.53. The highest BCUT2D eigenvalue weighted by molar-refractivity contribution is 6.04. The highest BCUT2D eigenvalue weighted by Gasteiger charge is 2.09. The number of nitrogens with one attached hydrogen (secondary N) is 2. The van der Waals surface area contributed by atoms with E-state index in [0.717, 1.165) is 5.56 Å². The average molecular weight is 420 g/mol. The Morgan fingerprint density at radius 3 is 2.16 bits per heavy atom. The number of ether oxygens (including phenoxy) is 1. The van der Waals surface area contributed by atoms with E-state index in [2.05, 4.69) is 10.6 Å². The van der Waals surface area contributed by atoms with Crippen molar-refractivity contribution in [3.05, 3.63) is 89.7 Å². The van der Waals surface area contributed by atoms with Gasteiger partial charge in [0.1, 0.15) is 11.6 Å². The number of amides is 2. The third-order valence-corrected chi connectivity index (χ3v) is 4.34. The van der Waals surface area contributed by atoms with E-state index in [9.17, 15) is 18.8 Å². The molecule has 0 bridgehead atoms. The molecule has 2 N–H and O–H groups in total. The Labute approximate surface area is 179 Å². The predicted molar refractivity (Wildman–Crippen MR) is 115 cm³/mol. The van der Waals surface area contributed by atoms with Crippen LogP contribution < -0.4 is 15.4 Å². The molecule has 7 heteroatoms. The third kappa shape index (κ3) is 6.78. The first kappa shape index (κ1) is 21.7. The van der Waals surface area contributed by atoms with E-state index in [1.807, 2.05) is 0 Å². The van der Waals surface area contributed by atoms with Crippen LogP contribution in [0.2, 0.25) is 0 Å². The smallest absolute Gasteiger partial charge is 0.308 e. The van der Waals surface area contributed by atoms with Gasteiger partial charge in [-0.2, -0.15) is 0 Å². The van der Waals surface area contributed by atoms with Crippen LogP contribution in [0.4, 0.5) is 15.8 Å². The normalized spacial score (nSPS) is 10.3. The topological polar surface area (TPSA) is 84.5 Å². The Bertz CT molecular complexity index is 1080. The van der Waals surface area contributed by atoms with Crippen LogP contribution in [0.15, 0.2) is 72.8 Å². The average Bonchev–Trinajstić information content (AvgIpc) is 2.74. The molecule has 158 valence electrons. The van der Waals surface area contributed by atoms with Gasteiger partial charge < -0.3 is 15.4 Å². The summed E-state index contributed by atoms with van der Waals surface area (Å²) in [6, 6.07) is 19.0. The molecule has 3 aromatic carbocycles. The molecule has 0 aliphatic rings. The summed E-state index contributed by atoms with van der Waals surface area (Å²) in [5.41, 5.74) is 2.37. The molecule has 6 nitrogen and oxygen atoms in total. The second-order valence-electron chi connectivity index (χ2n) is 6.83. The lowest BCUT2D eigenvalue weighted by molar-refractivity contribution is -0.131. The number of benzene rings is 3. The largest absolute Gasteiger partial charge is 0.427 e. The Hall–Kier alpha value is -4.00. The SMILES string of the molecule is CC(=O)Oc1cccc(C(=O)Nc2ccc(NC(=O)CCc3ccc(F)cc3)cc2)c1. The fraction of sp³-hybridized carbons (Fsp3) is 0.125. The maximum Gasteiger partial charge on any atom is 0.308 e. The molecule has 0 atom stereocenters. The van der Waals surface area contributed by atoms with E-state index in [-0.39, 0.29) is 24.1 Å². The van der Waals surface area contributed by atoms with Crippen molar-refractivity contribution in [1.29, 1.82) is 0 Å². The zero-order chi connectivity index (χ0) is 22.2. The fourth-order valence-corrected chi connectivity index (χ4v) is 2.84. The maximum atomic E-state index is 12.9. The molecule has 0 aromatic heterocycles. The van der Waals surface area contributed by atoms with Crippen molar-refractivity contribution in [3.63, 3.8) is 0 Å². The molecule has 0 unspecified atom stereocenters. The van der Waals surface area contributed by atoms with Crippen LogP contribution in [-0.2, 0) is 16.0 Å². The molecule has 2 amide bonds. The van der Waals surface area contributed by atoms with Crippen molar-refractivity contribution in [3.8, 4) is 5.75 Å². The number of aryl methyl sites for hydroxylation is 1. The van der Waals surface area contributed by atoms with Gasteiger partial charge in [-0.3, -0.25) is 14.4 Å². The number of halogens is 1. The quantitative estimate of drug-likeness (QED) is 0.433. The van der Waals surface area contributed by atoms with Crippen molar-refractivity contribution in [2.75, 3.05) is 10.6 Å². The van der Waals surface area contributed by atoms with E-state index in [4.69, 9.17) is 4.74 Å². The molecule has 0 aliphatic carbocycles. The number of esters is 1. The zero-order valence-electron chi connectivity index (χ0n) is 16.9. The van der Waals surface area contributed by atoms with Crippen LogP contribution in [-0.4, -0.2) is 17.8 Å². The predicted octanol–water partition coefficient (Wildman–Crippen LogP) is 4.57. The lowest BCUT2D eigenvalue weighted by Crippen LogP contribution is -2.13. The molecule has 0 heterocycles. The molecule has 0 fully saturated rings. The summed E-state index contributed by atoms with van der Waals surface area (Å²) in [5.74, 6) is -1.00. The van der Waals surface area contributed by atoms with Gasteiger partial charge in [0.05, 0.1) is 0 Å². The lowest BCUT2D eigenvalue weighted by atomic mass is 10.1. The fourth-order valence-electron chi connectivity index (χ4n) is 2.84. The Morgan fingerprint density at radius 1 is 0.871 bits per heavy atom. The van der Waals surface area contributed by atoms with E-state index < -0.39 is 5.97 Å². The van der Waals surface area contributed by atoms with Crippen molar-refractivity contribution in [2.45, 2.75) is 19.8 Å². The number of carbonyl (C=O) groups is 3. The summed E-state index contributed by atoms with van der Waals surface area (Å²) < 4.78 is 17.9. The zero-order valence-corrected chi connectivity index (χ0v) is 16.9. The van der Waals surface area contributed by atoms with Gasteiger partial charge in [0.2, 0.25) is 5.91 Å². The Kier molecular flexibility index (Phi) is 7.11. The summed E-state index contributed by atoms with van der Waals surface area (Å²) in [6.45, 7) is 1.29. The molecular formula is C24H21FN2O4. The first-order valence-corrected chi connectivity index (χ1v) is 9.63. The van der Waals surface area contributed by atoms with Crippen LogP contribution in [0.25, 0.3) is 0 Å². The van der Waals surface area contributed by atoms with Gasteiger partial charge >= 0.3 is 5.97 Å². The van der Waals surface area contributed by atoms with Crippen molar-refractivity contribution < 1.29 is 23.5 Å². The number of anilines is 2. The van der Waals surface area contributed by atoms with Gasteiger partial charge in [0.15, 0.2) is 0 Å². The highest BCUT2D eigenvalue weighted by atomic mass is 19.1. The van der Waals surface area contributed by atoms with Crippen LogP contribution >= 0.6 is 0 Å². The Balaban J connectivity index is 1.52. The van der Waals surface area contributed by atoms with Gasteiger partial charge in [0.25, 0.3) is 5.91 Å². The summed E-state index contributed by atoms with van der Waals surface area (Å²) in [6.07, 6.45) is 0.773. The second-order valence-corrected chi connectivity index (χ2v) is 6.83. The summed E-state index contributed by atoms with van der Waals surface area (Å²) in [4.78, 5) is 35.6. The van der Waals surface area contributed by atoms with Crippen LogP contribution in [0.5, 0.6) is 5.75 Å². The summed E-state index contributed by atoms with van der Waals surface area (Å²) >= 11 is 0. The minimum Gasteiger partial charge on any atom is -0.427 e. The van der Waals surface area contributed by atoms with Crippen LogP contribution in [0.1, 0.15) is 29.3 Å². The van der Waals surface area contributed by atoms with Gasteiger partial charge in [0, 0.05) is 30.3 Å². The van der Waals surface area contributed by atoms with Gasteiger partial charge in [-0.05, 0) is 66.6 Å². The van der Waals surface area contributed by atoms with E-state index in [1.54, 1.807) is 54.6 Å². The highest BCUT2D eigenvalue weighted by Crippen LogP contribution is 2.18. The number of rotatable bonds is 7. The van der Waals surface area contributed by atoms with Crippen LogP contribution in [0.3, 0.4) is 0 Å². The molecule has 0 aliphatic heterocycles. The van der Waals surface area contributed by atoms with Gasteiger partial charge in [-0.25, -0.2) is 4.39 Å². The van der Waals surface area contributed by atoms with Gasteiger partial charge in [-0.1, -0.05) is 18.2 Å². The number of carbonyl (C=O) groups excluding carboxylic acids is 3. The van der Waals surface area contributed by atoms with Crippen molar-refractivity contribution in [2.24, 2.45) is 0 Å². The Morgan fingerprint density at radius 2 is 1.52 bits per heavy atom. The molecule has 0 saturated carbocycles. The number of hydrogen-bond acceptors (Lipinski definition) is 4. The molecular weight excluding hydrogens is 399 g/mol. The van der Waals surface area contributed by atoms with Crippen LogP contribution in [0, 0.1) is 5.82 Å². The summed E-state index contributed by atoms with van der Waals surface area (Å²) in [7, 11) is 0. The van der Waals surface area contributed by atoms with E-state index >= 15 is 0 Å². The number of hydrogen-bond donors (Lipinski definition) is 2. The molecule has 0 spiro atoms. The lowest BCUT2D eigenvalue weighted by Gasteiger charge is -2.09. The second kappa shape index (κ2) is 10.2. The molecule has 3 rings (SSSR count). The first-order valence-electron chi connectivity index (χ1n) is 9.63. The van der Waals surface area contributed by atoms with E-state index in [1.165, 1.54) is 25.1 Å².